The van der Waals surface area contributed by atoms with Crippen molar-refractivity contribution in [3.63, 3.8) is 0 Å². The molecular weight excluding hydrogens is 320 g/mol. The van der Waals surface area contributed by atoms with Gasteiger partial charge < -0.3 is 14.6 Å². The first-order valence-electron chi connectivity index (χ1n) is 8.36. The number of carbonyl (C=O) groups is 1. The lowest BCUT2D eigenvalue weighted by molar-refractivity contribution is -0.140. The Morgan fingerprint density at radius 3 is 2.84 bits per heavy atom. The van der Waals surface area contributed by atoms with Crippen LogP contribution in [-0.4, -0.2) is 46.8 Å². The van der Waals surface area contributed by atoms with E-state index in [4.69, 9.17) is 14.6 Å². The summed E-state index contributed by atoms with van der Waals surface area (Å²) in [6, 6.07) is 13.6. The number of aromatic nitrogens is 1. The molecule has 1 atom stereocenters. The first-order chi connectivity index (χ1) is 12.2. The van der Waals surface area contributed by atoms with Crippen molar-refractivity contribution in [1.29, 1.82) is 0 Å². The Morgan fingerprint density at radius 2 is 2.12 bits per heavy atom. The van der Waals surface area contributed by atoms with Crippen LogP contribution in [0.5, 0.6) is 5.75 Å². The van der Waals surface area contributed by atoms with Crippen LogP contribution in [0.4, 0.5) is 0 Å². The van der Waals surface area contributed by atoms with Crippen LogP contribution < -0.4 is 4.74 Å². The Balaban J connectivity index is 1.55. The zero-order chi connectivity index (χ0) is 17.5. The minimum absolute atomic E-state index is 0.0775. The largest absolute Gasteiger partial charge is 0.487 e. The lowest BCUT2D eigenvalue weighted by atomic mass is 10.1. The number of ether oxygens (including phenoxy) is 2. The second kappa shape index (κ2) is 8.60. The summed E-state index contributed by atoms with van der Waals surface area (Å²) in [7, 11) is 0. The van der Waals surface area contributed by atoms with Gasteiger partial charge >= 0.3 is 5.97 Å². The number of hydrogen-bond acceptors (Lipinski definition) is 5. The van der Waals surface area contributed by atoms with Crippen molar-refractivity contribution in [3.8, 4) is 5.75 Å². The molecule has 0 radical (unpaired) electrons. The normalized spacial score (nSPS) is 18.0. The van der Waals surface area contributed by atoms with Gasteiger partial charge in [0.15, 0.2) is 0 Å². The third-order valence-electron chi connectivity index (χ3n) is 4.18. The molecule has 25 heavy (non-hydrogen) atoms. The zero-order valence-electron chi connectivity index (χ0n) is 14.0. The number of pyridine rings is 1. The molecule has 0 spiro atoms. The molecule has 1 fully saturated rings. The van der Waals surface area contributed by atoms with Crippen LogP contribution in [0, 0.1) is 0 Å². The van der Waals surface area contributed by atoms with E-state index in [-0.39, 0.29) is 12.5 Å². The SMILES string of the molecule is O=C(O)C[C@H]1COCCN1Cc1ccc(OCc2ccccn2)cc1. The van der Waals surface area contributed by atoms with Gasteiger partial charge in [0.05, 0.1) is 25.3 Å². The first kappa shape index (κ1) is 17.4. The van der Waals surface area contributed by atoms with Gasteiger partial charge in [-0.3, -0.25) is 14.7 Å². The van der Waals surface area contributed by atoms with Gasteiger partial charge in [-0.1, -0.05) is 18.2 Å². The number of carboxylic acid groups (broad SMARTS) is 1. The maximum absolute atomic E-state index is 11.0. The molecule has 1 saturated heterocycles. The highest BCUT2D eigenvalue weighted by atomic mass is 16.5. The number of morpholine rings is 1. The molecule has 132 valence electrons. The van der Waals surface area contributed by atoms with Crippen LogP contribution >= 0.6 is 0 Å². The van der Waals surface area contributed by atoms with Crippen molar-refractivity contribution in [2.24, 2.45) is 0 Å². The Kier molecular flexibility index (Phi) is 5.98. The smallest absolute Gasteiger partial charge is 0.305 e. The summed E-state index contributed by atoms with van der Waals surface area (Å²) in [6.07, 6.45) is 1.85. The molecule has 6 heteroatoms. The standard InChI is InChI=1S/C19H22N2O4/c22-19(23)11-17-14-24-10-9-21(17)12-15-4-6-18(7-5-15)25-13-16-3-1-2-8-20-16/h1-8,17H,9-14H2,(H,22,23)/t17-/m0/s1. The molecule has 0 saturated carbocycles. The molecule has 6 nitrogen and oxygen atoms in total. The summed E-state index contributed by atoms with van der Waals surface area (Å²) in [5, 5.41) is 9.04. The third-order valence-corrected chi connectivity index (χ3v) is 4.18. The fraction of sp³-hybridized carbons (Fsp3) is 0.368. The van der Waals surface area contributed by atoms with Crippen LogP contribution in [0.1, 0.15) is 17.7 Å². The lowest BCUT2D eigenvalue weighted by Crippen LogP contribution is -2.45. The number of benzene rings is 1. The second-order valence-corrected chi connectivity index (χ2v) is 6.05. The minimum Gasteiger partial charge on any atom is -0.487 e. The van der Waals surface area contributed by atoms with Crippen molar-refractivity contribution >= 4 is 5.97 Å². The monoisotopic (exact) mass is 342 g/mol. The Morgan fingerprint density at radius 1 is 1.28 bits per heavy atom. The summed E-state index contributed by atoms with van der Waals surface area (Å²) in [6.45, 7) is 3.00. The lowest BCUT2D eigenvalue weighted by Gasteiger charge is -2.34. The highest BCUT2D eigenvalue weighted by Crippen LogP contribution is 2.18. The zero-order valence-corrected chi connectivity index (χ0v) is 14.0. The molecule has 1 aliphatic heterocycles. The van der Waals surface area contributed by atoms with E-state index >= 15 is 0 Å². The maximum atomic E-state index is 11.0. The molecule has 0 amide bonds. The molecule has 0 aliphatic carbocycles. The van der Waals surface area contributed by atoms with Gasteiger partial charge in [-0.25, -0.2) is 0 Å². The van der Waals surface area contributed by atoms with Crippen molar-refractivity contribution in [2.45, 2.75) is 25.6 Å². The molecule has 2 heterocycles. The van der Waals surface area contributed by atoms with Gasteiger partial charge in [-0.15, -0.1) is 0 Å². The molecule has 1 aromatic heterocycles. The predicted octanol–water partition coefficient (Wildman–Crippen LogP) is 2.34. The van der Waals surface area contributed by atoms with Gasteiger partial charge in [-0.2, -0.15) is 0 Å². The molecule has 1 aliphatic rings. The Bertz CT molecular complexity index is 676. The number of carboxylic acids is 1. The topological polar surface area (TPSA) is 71.9 Å². The van der Waals surface area contributed by atoms with Crippen molar-refractivity contribution in [3.05, 3.63) is 59.9 Å². The molecule has 1 aromatic carbocycles. The predicted molar refractivity (Wildman–Crippen MR) is 92.3 cm³/mol. The minimum atomic E-state index is -0.793. The fourth-order valence-corrected chi connectivity index (χ4v) is 2.85. The van der Waals surface area contributed by atoms with E-state index in [1.54, 1.807) is 6.20 Å². The average molecular weight is 342 g/mol. The van der Waals surface area contributed by atoms with Gasteiger partial charge in [-0.05, 0) is 29.8 Å². The third kappa shape index (κ3) is 5.27. The molecule has 1 N–H and O–H groups in total. The second-order valence-electron chi connectivity index (χ2n) is 6.05. The van der Waals surface area contributed by atoms with Crippen LogP contribution in [-0.2, 0) is 22.7 Å². The van der Waals surface area contributed by atoms with E-state index in [9.17, 15) is 4.79 Å². The van der Waals surface area contributed by atoms with Crippen LogP contribution in [0.3, 0.4) is 0 Å². The van der Waals surface area contributed by atoms with E-state index < -0.39 is 5.97 Å². The summed E-state index contributed by atoms with van der Waals surface area (Å²) in [5.74, 6) is -0.00256. The van der Waals surface area contributed by atoms with Crippen molar-refractivity contribution in [2.75, 3.05) is 19.8 Å². The van der Waals surface area contributed by atoms with E-state index in [2.05, 4.69) is 9.88 Å². The van der Waals surface area contributed by atoms with Gasteiger partial charge in [0.1, 0.15) is 12.4 Å². The first-order valence-corrected chi connectivity index (χ1v) is 8.36. The number of hydrogen-bond donors (Lipinski definition) is 1. The van der Waals surface area contributed by atoms with Crippen LogP contribution in [0.15, 0.2) is 48.7 Å². The van der Waals surface area contributed by atoms with E-state index in [1.807, 2.05) is 42.5 Å². The van der Waals surface area contributed by atoms with Gasteiger partial charge in [0.25, 0.3) is 0 Å². The highest BCUT2D eigenvalue weighted by Gasteiger charge is 2.25. The summed E-state index contributed by atoms with van der Waals surface area (Å²) in [4.78, 5) is 17.4. The summed E-state index contributed by atoms with van der Waals surface area (Å²) >= 11 is 0. The number of nitrogens with zero attached hydrogens (tertiary/aromatic N) is 2. The van der Waals surface area contributed by atoms with Crippen LogP contribution in [0.2, 0.25) is 0 Å². The fourth-order valence-electron chi connectivity index (χ4n) is 2.85. The van der Waals surface area contributed by atoms with E-state index in [1.165, 1.54) is 0 Å². The molecule has 0 unspecified atom stereocenters. The maximum Gasteiger partial charge on any atom is 0.305 e. The molecule has 0 bridgehead atoms. The molecular formula is C19H22N2O4. The highest BCUT2D eigenvalue weighted by molar-refractivity contribution is 5.67. The quantitative estimate of drug-likeness (QED) is 0.833. The van der Waals surface area contributed by atoms with Crippen molar-refractivity contribution in [1.82, 2.24) is 9.88 Å². The van der Waals surface area contributed by atoms with Crippen molar-refractivity contribution < 1.29 is 19.4 Å². The van der Waals surface area contributed by atoms with E-state index in [0.717, 1.165) is 23.6 Å². The van der Waals surface area contributed by atoms with Gasteiger partial charge in [0, 0.05) is 25.3 Å². The molecule has 2 aromatic rings. The average Bonchev–Trinajstić information content (AvgIpc) is 2.63. The summed E-state index contributed by atoms with van der Waals surface area (Å²) in [5.41, 5.74) is 2.01. The van der Waals surface area contributed by atoms with E-state index in [0.29, 0.717) is 26.4 Å². The van der Waals surface area contributed by atoms with Crippen LogP contribution in [0.25, 0.3) is 0 Å². The Labute approximate surface area is 147 Å². The van der Waals surface area contributed by atoms with Gasteiger partial charge in [0.2, 0.25) is 0 Å². The Hall–Kier alpha value is -2.44. The number of aliphatic carboxylic acids is 1. The summed E-state index contributed by atoms with van der Waals surface area (Å²) < 4.78 is 11.2. The molecule has 3 rings (SSSR count). The number of rotatable bonds is 7.